The molecule has 0 N–H and O–H groups in total. The quantitative estimate of drug-likeness (QED) is 0.626. The minimum Gasteiger partial charge on any atom is -0.450 e. The molecule has 0 fully saturated rings. The van der Waals surface area contributed by atoms with Crippen molar-refractivity contribution < 1.29 is 18.7 Å². The predicted octanol–water partition coefficient (Wildman–Crippen LogP) is 2.87. The fourth-order valence-corrected chi connectivity index (χ4v) is 2.31. The Morgan fingerprint density at radius 2 is 1.95 bits per heavy atom. The van der Waals surface area contributed by atoms with Crippen LogP contribution in [0.15, 0.2) is 35.6 Å². The molecule has 0 aliphatic heterocycles. The lowest BCUT2D eigenvalue weighted by molar-refractivity contribution is -0.124. The molecular formula is C15H15FN2O3S. The van der Waals surface area contributed by atoms with Crippen molar-refractivity contribution in [3.8, 4) is 5.69 Å². The summed E-state index contributed by atoms with van der Waals surface area (Å²) in [6, 6.07) is 5.68. The third-order valence-corrected chi connectivity index (χ3v) is 3.72. The van der Waals surface area contributed by atoms with Crippen LogP contribution in [0.1, 0.15) is 24.3 Å². The zero-order valence-corrected chi connectivity index (χ0v) is 13.2. The number of esters is 1. The first-order chi connectivity index (χ1) is 10.4. The van der Waals surface area contributed by atoms with Gasteiger partial charge in [0.1, 0.15) is 5.82 Å². The Hall–Kier alpha value is -2.15. The summed E-state index contributed by atoms with van der Waals surface area (Å²) >= 11 is 1.34. The van der Waals surface area contributed by atoms with Crippen LogP contribution >= 0.6 is 11.8 Å². The van der Waals surface area contributed by atoms with E-state index in [9.17, 15) is 14.0 Å². The lowest BCUT2D eigenvalue weighted by atomic mass is 10.3. The van der Waals surface area contributed by atoms with Gasteiger partial charge in [-0.15, -0.1) is 0 Å². The van der Waals surface area contributed by atoms with Gasteiger partial charge in [0.2, 0.25) is 0 Å². The van der Waals surface area contributed by atoms with Crippen LogP contribution < -0.4 is 0 Å². The smallest absolute Gasteiger partial charge is 0.357 e. The molecule has 1 aromatic carbocycles. The summed E-state index contributed by atoms with van der Waals surface area (Å²) in [6.45, 7) is 2.86. The summed E-state index contributed by atoms with van der Waals surface area (Å²) in [5.74, 6) is -1.27. The van der Waals surface area contributed by atoms with Crippen LogP contribution in [-0.4, -0.2) is 33.7 Å². The molecule has 1 unspecified atom stereocenters. The number of hydrogen-bond acceptors (Lipinski definition) is 5. The van der Waals surface area contributed by atoms with Crippen LogP contribution in [0.3, 0.4) is 0 Å². The molecule has 5 nitrogen and oxygen atoms in total. The molecule has 1 atom stereocenters. The molecule has 7 heteroatoms. The van der Waals surface area contributed by atoms with Crippen LogP contribution in [0.25, 0.3) is 5.69 Å². The van der Waals surface area contributed by atoms with Crippen LogP contribution in [0.5, 0.6) is 0 Å². The van der Waals surface area contributed by atoms with Crippen molar-refractivity contribution in [1.29, 1.82) is 0 Å². The van der Waals surface area contributed by atoms with Crippen LogP contribution in [0.4, 0.5) is 4.39 Å². The Morgan fingerprint density at radius 3 is 2.50 bits per heavy atom. The number of ketones is 1. The maximum Gasteiger partial charge on any atom is 0.357 e. The standard InChI is InChI=1S/C15H15FN2O3S/c1-9(19)10(2)21-14(20)13-8-17-15(22-3)18(13)12-6-4-11(16)5-7-12/h4-8,10H,1-3H3. The number of rotatable bonds is 5. The lowest BCUT2D eigenvalue weighted by Gasteiger charge is -2.13. The van der Waals surface area contributed by atoms with Crippen molar-refractivity contribution in [2.45, 2.75) is 25.1 Å². The molecule has 0 saturated heterocycles. The van der Waals surface area contributed by atoms with Crippen molar-refractivity contribution >= 4 is 23.5 Å². The number of aromatic nitrogens is 2. The maximum absolute atomic E-state index is 13.1. The van der Waals surface area contributed by atoms with Gasteiger partial charge in [0.15, 0.2) is 22.7 Å². The second kappa shape index (κ2) is 6.74. The van der Waals surface area contributed by atoms with Crippen molar-refractivity contribution in [1.82, 2.24) is 9.55 Å². The number of ether oxygens (including phenoxy) is 1. The highest BCUT2D eigenvalue weighted by Gasteiger charge is 2.22. The minimum absolute atomic E-state index is 0.184. The highest BCUT2D eigenvalue weighted by molar-refractivity contribution is 7.98. The zero-order chi connectivity index (χ0) is 16.3. The summed E-state index contributed by atoms with van der Waals surface area (Å²) in [7, 11) is 0. The predicted molar refractivity (Wildman–Crippen MR) is 80.9 cm³/mol. The normalized spacial score (nSPS) is 12.0. The molecule has 0 aliphatic rings. The fourth-order valence-electron chi connectivity index (χ4n) is 1.77. The van der Waals surface area contributed by atoms with Gasteiger partial charge in [-0.05, 0) is 44.4 Å². The number of hydrogen-bond donors (Lipinski definition) is 0. The topological polar surface area (TPSA) is 61.2 Å². The Balaban J connectivity index is 2.41. The molecule has 0 radical (unpaired) electrons. The van der Waals surface area contributed by atoms with Gasteiger partial charge in [-0.25, -0.2) is 14.2 Å². The number of nitrogens with zero attached hydrogens (tertiary/aromatic N) is 2. The molecule has 0 bridgehead atoms. The van der Waals surface area contributed by atoms with E-state index in [1.54, 1.807) is 16.7 Å². The van der Waals surface area contributed by atoms with E-state index in [0.717, 1.165) is 0 Å². The lowest BCUT2D eigenvalue weighted by Crippen LogP contribution is -2.23. The number of halogens is 1. The molecule has 1 heterocycles. The summed E-state index contributed by atoms with van der Waals surface area (Å²) in [4.78, 5) is 27.6. The summed E-state index contributed by atoms with van der Waals surface area (Å²) in [5.41, 5.74) is 0.773. The van der Waals surface area contributed by atoms with Crippen LogP contribution in [0, 0.1) is 5.82 Å². The van der Waals surface area contributed by atoms with Gasteiger partial charge in [0.05, 0.1) is 6.20 Å². The molecule has 2 aromatic rings. The van der Waals surface area contributed by atoms with Gasteiger partial charge >= 0.3 is 5.97 Å². The second-order valence-electron chi connectivity index (χ2n) is 4.60. The zero-order valence-electron chi connectivity index (χ0n) is 12.4. The van der Waals surface area contributed by atoms with E-state index in [0.29, 0.717) is 10.8 Å². The number of carbonyl (C=O) groups excluding carboxylic acids is 2. The fraction of sp³-hybridized carbons (Fsp3) is 0.267. The first-order valence-electron chi connectivity index (χ1n) is 6.53. The molecule has 116 valence electrons. The van der Waals surface area contributed by atoms with Gasteiger partial charge in [-0.1, -0.05) is 11.8 Å². The second-order valence-corrected chi connectivity index (χ2v) is 5.37. The molecule has 0 spiro atoms. The van der Waals surface area contributed by atoms with E-state index in [1.165, 1.54) is 43.9 Å². The number of thioether (sulfide) groups is 1. The highest BCUT2D eigenvalue weighted by Crippen LogP contribution is 2.22. The van der Waals surface area contributed by atoms with Gasteiger partial charge in [0.25, 0.3) is 0 Å². The van der Waals surface area contributed by atoms with E-state index in [4.69, 9.17) is 4.74 Å². The molecule has 2 rings (SSSR count). The molecule has 0 amide bonds. The van der Waals surface area contributed by atoms with E-state index in [2.05, 4.69) is 4.98 Å². The van der Waals surface area contributed by atoms with Crippen LogP contribution in [0.2, 0.25) is 0 Å². The summed E-state index contributed by atoms with van der Waals surface area (Å²) in [6.07, 6.45) is 2.36. The van der Waals surface area contributed by atoms with Crippen molar-refractivity contribution in [2.24, 2.45) is 0 Å². The Morgan fingerprint density at radius 1 is 1.32 bits per heavy atom. The first kappa shape index (κ1) is 16.2. The van der Waals surface area contributed by atoms with Crippen molar-refractivity contribution in [3.05, 3.63) is 42.0 Å². The van der Waals surface area contributed by atoms with Crippen molar-refractivity contribution in [3.63, 3.8) is 0 Å². The summed E-state index contributed by atoms with van der Waals surface area (Å²) < 4.78 is 19.7. The first-order valence-corrected chi connectivity index (χ1v) is 7.75. The highest BCUT2D eigenvalue weighted by atomic mass is 32.2. The third-order valence-electron chi connectivity index (χ3n) is 3.06. The van der Waals surface area contributed by atoms with Gasteiger partial charge in [-0.3, -0.25) is 9.36 Å². The molecule has 0 saturated carbocycles. The number of imidazole rings is 1. The average molecular weight is 322 g/mol. The van der Waals surface area contributed by atoms with E-state index in [1.807, 2.05) is 6.26 Å². The maximum atomic E-state index is 13.1. The average Bonchev–Trinajstić information content (AvgIpc) is 2.91. The monoisotopic (exact) mass is 322 g/mol. The molecule has 22 heavy (non-hydrogen) atoms. The van der Waals surface area contributed by atoms with Crippen molar-refractivity contribution in [2.75, 3.05) is 6.26 Å². The van der Waals surface area contributed by atoms with E-state index >= 15 is 0 Å². The summed E-state index contributed by atoms with van der Waals surface area (Å²) in [5, 5.41) is 0.564. The van der Waals surface area contributed by atoms with E-state index < -0.39 is 12.1 Å². The molecule has 1 aromatic heterocycles. The Bertz CT molecular complexity index is 697. The largest absolute Gasteiger partial charge is 0.450 e. The Labute approximate surface area is 131 Å². The minimum atomic E-state index is -0.832. The van der Waals surface area contributed by atoms with Crippen LogP contribution in [-0.2, 0) is 9.53 Å². The van der Waals surface area contributed by atoms with Gasteiger partial charge in [0, 0.05) is 5.69 Å². The van der Waals surface area contributed by atoms with Gasteiger partial charge in [-0.2, -0.15) is 0 Å². The van der Waals surface area contributed by atoms with E-state index in [-0.39, 0.29) is 17.3 Å². The number of benzene rings is 1. The third kappa shape index (κ3) is 3.36. The molecular weight excluding hydrogens is 307 g/mol. The van der Waals surface area contributed by atoms with Gasteiger partial charge < -0.3 is 4.74 Å². The molecule has 0 aliphatic carbocycles. The SMILES string of the molecule is CSc1ncc(C(=O)OC(C)C(C)=O)n1-c1ccc(F)cc1. The Kier molecular flexibility index (Phi) is 4.97. The number of carbonyl (C=O) groups is 2. The number of Topliss-reactive ketones (excluding diaryl/α,β-unsaturated/α-hetero) is 1.